The van der Waals surface area contributed by atoms with Gasteiger partial charge in [-0.3, -0.25) is 19.1 Å². The molecule has 2 aromatic heterocycles. The lowest BCUT2D eigenvalue weighted by Crippen LogP contribution is -2.48. The van der Waals surface area contributed by atoms with Crippen molar-refractivity contribution in [2.75, 3.05) is 5.32 Å². The maximum Gasteiger partial charge on any atom is 0.248 e. The molecule has 0 spiro atoms. The zero-order chi connectivity index (χ0) is 24.0. The van der Waals surface area contributed by atoms with Crippen molar-refractivity contribution in [1.82, 2.24) is 19.7 Å². The molecule has 0 bridgehead atoms. The summed E-state index contributed by atoms with van der Waals surface area (Å²) in [4.78, 5) is 44.8. The number of benzene rings is 1. The molecule has 2 aliphatic rings. The molecule has 3 heterocycles. The molecule has 2 amide bonds. The maximum atomic E-state index is 13.6. The Morgan fingerprint density at radius 1 is 1.15 bits per heavy atom. The number of fused-ring (bicyclic) bond motifs is 2. The number of anilines is 1. The Balaban J connectivity index is 1.43. The monoisotopic (exact) mass is 499 g/mol. The number of amides is 2. The number of aromatic nitrogens is 3. The van der Waals surface area contributed by atoms with Crippen molar-refractivity contribution >= 4 is 57.5 Å². The molecule has 1 aromatic carbocycles. The first-order chi connectivity index (χ1) is 16.3. The van der Waals surface area contributed by atoms with E-state index in [1.807, 2.05) is 0 Å². The minimum atomic E-state index is -0.605. The average molecular weight is 500 g/mol. The third-order valence-electron chi connectivity index (χ3n) is 6.73. The van der Waals surface area contributed by atoms with Gasteiger partial charge in [0.1, 0.15) is 29.3 Å². The Morgan fingerprint density at radius 3 is 2.74 bits per heavy atom. The van der Waals surface area contributed by atoms with Gasteiger partial charge < -0.3 is 10.2 Å². The second-order valence-electron chi connectivity index (χ2n) is 8.87. The first-order valence-corrected chi connectivity index (χ1v) is 12.0. The summed E-state index contributed by atoms with van der Waals surface area (Å²) in [5, 5.41) is 8.59. The summed E-state index contributed by atoms with van der Waals surface area (Å²) in [5.41, 5.74) is 0.918. The van der Waals surface area contributed by atoms with E-state index in [-0.39, 0.29) is 46.9 Å². The van der Waals surface area contributed by atoms with Gasteiger partial charge in [0.2, 0.25) is 11.8 Å². The highest BCUT2D eigenvalue weighted by Crippen LogP contribution is 2.41. The summed E-state index contributed by atoms with van der Waals surface area (Å²) in [6.07, 6.45) is 3.49. The third kappa shape index (κ3) is 4.16. The van der Waals surface area contributed by atoms with Crippen molar-refractivity contribution in [2.45, 2.75) is 51.2 Å². The van der Waals surface area contributed by atoms with E-state index in [1.165, 1.54) is 11.6 Å². The van der Waals surface area contributed by atoms with E-state index in [2.05, 4.69) is 15.4 Å². The van der Waals surface area contributed by atoms with E-state index >= 15 is 0 Å². The maximum absolute atomic E-state index is 13.6. The normalized spacial score (nSPS) is 21.6. The van der Waals surface area contributed by atoms with Gasteiger partial charge in [-0.25, -0.2) is 4.98 Å². The summed E-state index contributed by atoms with van der Waals surface area (Å²) in [5.74, 6) is -0.0557. The summed E-state index contributed by atoms with van der Waals surface area (Å²) in [6, 6.07) is 9.54. The van der Waals surface area contributed by atoms with Crippen LogP contribution in [0.5, 0.6) is 0 Å². The van der Waals surface area contributed by atoms with Gasteiger partial charge >= 0.3 is 0 Å². The second kappa shape index (κ2) is 9.00. The van der Waals surface area contributed by atoms with E-state index < -0.39 is 6.04 Å². The molecule has 5 rings (SSSR count). The Morgan fingerprint density at radius 2 is 1.97 bits per heavy atom. The molecule has 3 aromatic rings. The number of halogens is 2. The van der Waals surface area contributed by atoms with Crippen molar-refractivity contribution < 1.29 is 14.4 Å². The standard InChI is InChI=1S/C24H23Cl2N5O3/c1-13(32)23-16-11-15(25)8-9-18(16)30(29-23)12-22(33)31-17-5-2-4-14(17)10-19(31)24(34)28-21-7-3-6-20(26)27-21/h3,6-9,11,14,17,19H,2,4-5,10,12H2,1H3,(H,27,28,34)/t14-,17-,19-/m0/s1. The summed E-state index contributed by atoms with van der Waals surface area (Å²) in [7, 11) is 0. The van der Waals surface area contributed by atoms with Crippen LogP contribution in [0.2, 0.25) is 10.2 Å². The molecule has 1 saturated heterocycles. The zero-order valence-electron chi connectivity index (χ0n) is 18.5. The fraction of sp³-hybridized carbons (Fsp3) is 0.375. The molecule has 2 fully saturated rings. The Labute approximate surface area is 206 Å². The topological polar surface area (TPSA) is 97.2 Å². The molecule has 0 radical (unpaired) electrons. The van der Waals surface area contributed by atoms with Gasteiger partial charge in [-0.1, -0.05) is 35.7 Å². The number of carbonyl (C=O) groups excluding carboxylic acids is 3. The van der Waals surface area contributed by atoms with Crippen LogP contribution in [0.1, 0.15) is 43.1 Å². The van der Waals surface area contributed by atoms with E-state index in [9.17, 15) is 14.4 Å². The molecule has 1 aliphatic heterocycles. The average Bonchev–Trinajstić information content (AvgIpc) is 3.46. The van der Waals surface area contributed by atoms with Gasteiger partial charge in [-0.15, -0.1) is 0 Å². The van der Waals surface area contributed by atoms with Crippen LogP contribution in [0.4, 0.5) is 5.82 Å². The molecule has 0 unspecified atom stereocenters. The fourth-order valence-electron chi connectivity index (χ4n) is 5.31. The Hall–Kier alpha value is -2.97. The van der Waals surface area contributed by atoms with E-state index in [1.54, 1.807) is 41.3 Å². The largest absolute Gasteiger partial charge is 0.326 e. The zero-order valence-corrected chi connectivity index (χ0v) is 20.0. The minimum Gasteiger partial charge on any atom is -0.326 e. The van der Waals surface area contributed by atoms with Gasteiger partial charge in [0.25, 0.3) is 0 Å². The molecule has 1 aliphatic carbocycles. The summed E-state index contributed by atoms with van der Waals surface area (Å²) in [6.45, 7) is 1.36. The van der Waals surface area contributed by atoms with E-state index in [0.29, 0.717) is 28.2 Å². The molecule has 1 saturated carbocycles. The fourth-order valence-corrected chi connectivity index (χ4v) is 5.65. The first kappa shape index (κ1) is 22.8. The van der Waals surface area contributed by atoms with Crippen LogP contribution in [-0.4, -0.2) is 49.3 Å². The van der Waals surface area contributed by atoms with Crippen LogP contribution in [0.15, 0.2) is 36.4 Å². The molecule has 3 atom stereocenters. The Bertz CT molecular complexity index is 1310. The van der Waals surface area contributed by atoms with Crippen LogP contribution < -0.4 is 5.32 Å². The van der Waals surface area contributed by atoms with Crippen molar-refractivity contribution in [3.05, 3.63) is 52.3 Å². The number of nitrogens with one attached hydrogen (secondary N) is 1. The first-order valence-electron chi connectivity index (χ1n) is 11.2. The molecule has 10 heteroatoms. The highest BCUT2D eigenvalue weighted by Gasteiger charge is 2.48. The van der Waals surface area contributed by atoms with Crippen LogP contribution in [-0.2, 0) is 16.1 Å². The van der Waals surface area contributed by atoms with Crippen LogP contribution in [0, 0.1) is 5.92 Å². The number of pyridine rings is 1. The van der Waals surface area contributed by atoms with Crippen molar-refractivity contribution in [2.24, 2.45) is 5.92 Å². The lowest BCUT2D eigenvalue weighted by atomic mass is 10.0. The number of rotatable bonds is 5. The second-order valence-corrected chi connectivity index (χ2v) is 9.69. The molecular formula is C24H23Cl2N5O3. The number of hydrogen-bond acceptors (Lipinski definition) is 5. The lowest BCUT2D eigenvalue weighted by molar-refractivity contribution is -0.139. The van der Waals surface area contributed by atoms with Crippen LogP contribution >= 0.6 is 23.2 Å². The van der Waals surface area contributed by atoms with E-state index in [0.717, 1.165) is 19.3 Å². The highest BCUT2D eigenvalue weighted by molar-refractivity contribution is 6.31. The molecule has 176 valence electrons. The number of likely N-dealkylation sites (tertiary alicyclic amines) is 1. The van der Waals surface area contributed by atoms with Crippen molar-refractivity contribution in [1.29, 1.82) is 0 Å². The van der Waals surface area contributed by atoms with Crippen LogP contribution in [0.25, 0.3) is 10.9 Å². The number of nitrogens with zero attached hydrogens (tertiary/aromatic N) is 4. The van der Waals surface area contributed by atoms with Gasteiger partial charge in [0.05, 0.1) is 5.52 Å². The lowest BCUT2D eigenvalue weighted by Gasteiger charge is -2.29. The molecule has 8 nitrogen and oxygen atoms in total. The van der Waals surface area contributed by atoms with Crippen LogP contribution in [0.3, 0.4) is 0 Å². The molecular weight excluding hydrogens is 477 g/mol. The Kier molecular flexibility index (Phi) is 6.04. The van der Waals surface area contributed by atoms with Gasteiger partial charge in [-0.2, -0.15) is 5.10 Å². The highest BCUT2D eigenvalue weighted by atomic mass is 35.5. The van der Waals surface area contributed by atoms with E-state index in [4.69, 9.17) is 23.2 Å². The van der Waals surface area contributed by atoms with Gasteiger partial charge in [-0.05, 0) is 55.5 Å². The van der Waals surface area contributed by atoms with Gasteiger partial charge in [0.15, 0.2) is 5.78 Å². The third-order valence-corrected chi connectivity index (χ3v) is 7.17. The number of ketones is 1. The molecule has 1 N–H and O–H groups in total. The quantitative estimate of drug-likeness (QED) is 0.415. The van der Waals surface area contributed by atoms with Crippen molar-refractivity contribution in [3.8, 4) is 0 Å². The summed E-state index contributed by atoms with van der Waals surface area (Å²) >= 11 is 12.1. The summed E-state index contributed by atoms with van der Waals surface area (Å²) < 4.78 is 1.53. The minimum absolute atomic E-state index is 0.0131. The van der Waals surface area contributed by atoms with Gasteiger partial charge in [0, 0.05) is 23.4 Å². The SMILES string of the molecule is CC(=O)c1nn(CC(=O)N2[C@H](C(=O)Nc3cccc(Cl)n3)C[C@@H]3CCC[C@@H]32)c2ccc(Cl)cc12. The number of carbonyl (C=O) groups is 3. The van der Waals surface area contributed by atoms with Crippen molar-refractivity contribution in [3.63, 3.8) is 0 Å². The number of Topliss-reactive ketones (excluding diaryl/α,β-unsaturated/α-hetero) is 1. The predicted octanol–water partition coefficient (Wildman–Crippen LogP) is 4.35. The number of hydrogen-bond donors (Lipinski definition) is 1. The predicted molar refractivity (Wildman–Crippen MR) is 129 cm³/mol. The molecule has 34 heavy (non-hydrogen) atoms. The smallest absolute Gasteiger partial charge is 0.248 e.